The maximum atomic E-state index is 13.7. The molecule has 0 fully saturated rings. The van der Waals surface area contributed by atoms with E-state index in [2.05, 4.69) is 20.8 Å². The molecule has 0 atom stereocenters. The summed E-state index contributed by atoms with van der Waals surface area (Å²) in [6.45, 7) is 1.49. The normalized spacial score (nSPS) is 13.9. The lowest BCUT2D eigenvalue weighted by Gasteiger charge is -2.13. The fourth-order valence-corrected chi connectivity index (χ4v) is 2.48. The third-order valence-corrected chi connectivity index (χ3v) is 3.54. The third kappa shape index (κ3) is 2.28. The van der Waals surface area contributed by atoms with Crippen LogP contribution in [0.3, 0.4) is 0 Å². The number of nitrogens with one attached hydrogen (secondary N) is 3. The van der Waals surface area contributed by atoms with Gasteiger partial charge in [-0.05, 0) is 25.1 Å². The number of aromatic amines is 1. The van der Waals surface area contributed by atoms with E-state index in [1.807, 2.05) is 0 Å². The summed E-state index contributed by atoms with van der Waals surface area (Å²) in [6, 6.07) is 4.13. The van der Waals surface area contributed by atoms with Crippen LogP contribution in [-0.2, 0) is 13.0 Å². The minimum atomic E-state index is -0.652. The number of benzene rings is 1. The number of halogens is 2. The van der Waals surface area contributed by atoms with Crippen molar-refractivity contribution in [3.63, 3.8) is 0 Å². The average molecular weight is 295 g/mol. The molecule has 1 aromatic carbocycles. The first kappa shape index (κ1) is 13.1. The summed E-state index contributed by atoms with van der Waals surface area (Å²) < 4.78 is 13.7. The van der Waals surface area contributed by atoms with E-state index in [0.717, 1.165) is 24.2 Å². The highest BCUT2D eigenvalue weighted by Gasteiger charge is 2.21. The third-order valence-electron chi connectivity index (χ3n) is 3.23. The van der Waals surface area contributed by atoms with Gasteiger partial charge < -0.3 is 10.6 Å². The summed E-state index contributed by atoms with van der Waals surface area (Å²) >= 11 is 5.87. The Kier molecular flexibility index (Phi) is 3.42. The van der Waals surface area contributed by atoms with E-state index in [1.165, 1.54) is 18.2 Å². The molecule has 0 spiro atoms. The molecule has 20 heavy (non-hydrogen) atoms. The number of anilines is 1. The Morgan fingerprint density at radius 1 is 1.45 bits per heavy atom. The molecule has 0 unspecified atom stereocenters. The van der Waals surface area contributed by atoms with Gasteiger partial charge in [0.25, 0.3) is 5.91 Å². The first-order chi connectivity index (χ1) is 9.66. The second kappa shape index (κ2) is 5.22. The summed E-state index contributed by atoms with van der Waals surface area (Å²) in [7, 11) is 0. The number of amides is 1. The van der Waals surface area contributed by atoms with Gasteiger partial charge in [0.05, 0.1) is 16.3 Å². The molecule has 2 aromatic rings. The number of carbonyl (C=O) groups is 1. The van der Waals surface area contributed by atoms with E-state index in [0.29, 0.717) is 12.4 Å². The predicted molar refractivity (Wildman–Crippen MR) is 73.4 cm³/mol. The van der Waals surface area contributed by atoms with Gasteiger partial charge in [0.2, 0.25) is 0 Å². The van der Waals surface area contributed by atoms with Crippen LogP contribution >= 0.6 is 11.6 Å². The van der Waals surface area contributed by atoms with Crippen molar-refractivity contribution in [2.24, 2.45) is 0 Å². The van der Waals surface area contributed by atoms with E-state index < -0.39 is 11.7 Å². The first-order valence-electron chi connectivity index (χ1n) is 6.19. The monoisotopic (exact) mass is 294 g/mol. The quantitative estimate of drug-likeness (QED) is 0.794. The molecule has 2 heterocycles. The number of aromatic nitrogens is 2. The number of hydrogen-bond donors (Lipinski definition) is 3. The van der Waals surface area contributed by atoms with Crippen molar-refractivity contribution in [1.82, 2.24) is 15.5 Å². The summed E-state index contributed by atoms with van der Waals surface area (Å²) in [6.07, 6.45) is 0.756. The van der Waals surface area contributed by atoms with Crippen LogP contribution in [0.25, 0.3) is 0 Å². The highest BCUT2D eigenvalue weighted by atomic mass is 35.5. The van der Waals surface area contributed by atoms with Crippen molar-refractivity contribution < 1.29 is 9.18 Å². The van der Waals surface area contributed by atoms with E-state index in [4.69, 9.17) is 11.6 Å². The predicted octanol–water partition coefficient (Wildman–Crippen LogP) is 2.10. The van der Waals surface area contributed by atoms with E-state index in [-0.39, 0.29) is 10.6 Å². The van der Waals surface area contributed by atoms with Crippen LogP contribution in [0.15, 0.2) is 18.2 Å². The van der Waals surface area contributed by atoms with Crippen LogP contribution in [0.1, 0.15) is 21.6 Å². The fraction of sp³-hybridized carbons (Fsp3) is 0.231. The van der Waals surface area contributed by atoms with Crippen LogP contribution in [0, 0.1) is 5.82 Å². The maximum absolute atomic E-state index is 13.7. The van der Waals surface area contributed by atoms with Crippen molar-refractivity contribution in [3.8, 4) is 0 Å². The Balaban J connectivity index is 1.88. The van der Waals surface area contributed by atoms with Gasteiger partial charge in [-0.2, -0.15) is 5.10 Å². The molecule has 0 saturated carbocycles. The Morgan fingerprint density at radius 2 is 2.30 bits per heavy atom. The Bertz CT molecular complexity index is 650. The minimum absolute atomic E-state index is 0.0774. The summed E-state index contributed by atoms with van der Waals surface area (Å²) in [5.41, 5.74) is 1.72. The van der Waals surface area contributed by atoms with E-state index in [1.54, 1.807) is 0 Å². The van der Waals surface area contributed by atoms with Gasteiger partial charge in [0.1, 0.15) is 5.82 Å². The van der Waals surface area contributed by atoms with Crippen molar-refractivity contribution in [3.05, 3.63) is 45.9 Å². The van der Waals surface area contributed by atoms with Crippen LogP contribution in [0.5, 0.6) is 0 Å². The highest BCUT2D eigenvalue weighted by Crippen LogP contribution is 2.23. The lowest BCUT2D eigenvalue weighted by Crippen LogP contribution is -2.24. The second-order valence-corrected chi connectivity index (χ2v) is 4.91. The summed E-state index contributed by atoms with van der Waals surface area (Å²) in [5, 5.41) is 12.8. The summed E-state index contributed by atoms with van der Waals surface area (Å²) in [5.74, 6) is -0.812. The van der Waals surface area contributed by atoms with E-state index >= 15 is 0 Å². The molecular weight excluding hydrogens is 283 g/mol. The molecule has 5 nitrogen and oxygen atoms in total. The minimum Gasteiger partial charge on any atom is -0.311 e. The second-order valence-electron chi connectivity index (χ2n) is 4.51. The van der Waals surface area contributed by atoms with Gasteiger partial charge in [0.15, 0.2) is 5.82 Å². The lowest BCUT2D eigenvalue weighted by atomic mass is 10.1. The summed E-state index contributed by atoms with van der Waals surface area (Å²) in [4.78, 5) is 12.1. The maximum Gasteiger partial charge on any atom is 0.261 e. The van der Waals surface area contributed by atoms with Crippen LogP contribution in [0.2, 0.25) is 5.02 Å². The number of fused-ring (bicyclic) bond motifs is 1. The van der Waals surface area contributed by atoms with Gasteiger partial charge in [0, 0.05) is 12.1 Å². The molecule has 0 aliphatic carbocycles. The molecule has 0 saturated heterocycles. The number of H-pyrrole nitrogens is 1. The van der Waals surface area contributed by atoms with Gasteiger partial charge in [-0.25, -0.2) is 4.39 Å². The topological polar surface area (TPSA) is 69.8 Å². The van der Waals surface area contributed by atoms with Crippen molar-refractivity contribution >= 4 is 23.3 Å². The molecule has 0 bridgehead atoms. The zero-order valence-corrected chi connectivity index (χ0v) is 11.2. The molecular formula is C13H12ClFN4O. The first-order valence-corrected chi connectivity index (χ1v) is 6.57. The van der Waals surface area contributed by atoms with Gasteiger partial charge in [-0.1, -0.05) is 17.7 Å². The van der Waals surface area contributed by atoms with Crippen LogP contribution in [-0.4, -0.2) is 22.6 Å². The molecule has 1 aliphatic heterocycles. The van der Waals surface area contributed by atoms with Crippen LogP contribution < -0.4 is 10.6 Å². The zero-order valence-electron chi connectivity index (χ0n) is 10.5. The molecule has 1 aliphatic rings. The van der Waals surface area contributed by atoms with Crippen molar-refractivity contribution in [2.45, 2.75) is 13.0 Å². The smallest absolute Gasteiger partial charge is 0.261 e. The number of rotatable bonds is 2. The van der Waals surface area contributed by atoms with Crippen LogP contribution in [0.4, 0.5) is 10.2 Å². The Morgan fingerprint density at radius 3 is 3.10 bits per heavy atom. The number of carbonyl (C=O) groups excluding carboxylic acids is 1. The van der Waals surface area contributed by atoms with Gasteiger partial charge in [-0.15, -0.1) is 0 Å². The Hall–Kier alpha value is -1.92. The van der Waals surface area contributed by atoms with Crippen molar-refractivity contribution in [1.29, 1.82) is 0 Å². The largest absolute Gasteiger partial charge is 0.311 e. The average Bonchev–Trinajstić information content (AvgIpc) is 2.82. The molecule has 3 rings (SSSR count). The van der Waals surface area contributed by atoms with Crippen molar-refractivity contribution in [2.75, 3.05) is 11.9 Å². The highest BCUT2D eigenvalue weighted by molar-refractivity contribution is 6.34. The SMILES string of the molecule is O=C(Nc1n[nH]c2c1CCNC2)c1c(F)cccc1Cl. The standard InChI is InChI=1S/C13H12ClFN4O/c14-8-2-1-3-9(15)11(8)13(20)17-12-7-4-5-16-6-10(7)18-19-12/h1-3,16H,4-6H2,(H2,17,18,19,20). The molecule has 0 radical (unpaired) electrons. The number of nitrogens with zero attached hydrogens (tertiary/aromatic N) is 1. The Labute approximate surface area is 119 Å². The molecule has 1 amide bonds. The molecule has 3 N–H and O–H groups in total. The lowest BCUT2D eigenvalue weighted by molar-refractivity contribution is 0.102. The van der Waals surface area contributed by atoms with E-state index in [9.17, 15) is 9.18 Å². The zero-order chi connectivity index (χ0) is 14.1. The number of hydrogen-bond acceptors (Lipinski definition) is 3. The van der Waals surface area contributed by atoms with Gasteiger partial charge >= 0.3 is 0 Å². The molecule has 7 heteroatoms. The van der Waals surface area contributed by atoms with Gasteiger partial charge in [-0.3, -0.25) is 9.89 Å². The fourth-order valence-electron chi connectivity index (χ4n) is 2.23. The molecule has 104 valence electrons. The molecule has 1 aromatic heterocycles.